The lowest BCUT2D eigenvalue weighted by atomic mass is 10.1. The van der Waals surface area contributed by atoms with E-state index in [1.807, 2.05) is 111 Å². The Bertz CT molecular complexity index is 1850. The fraction of sp³-hybridized carbons (Fsp3) is 0.118. The second-order valence-electron chi connectivity index (χ2n) is 10.1. The van der Waals surface area contributed by atoms with Gasteiger partial charge in [0.05, 0.1) is 20.8 Å². The molecule has 0 amide bonds. The average Bonchev–Trinajstić information content (AvgIpc) is 2.98. The number of nitrogens with zero attached hydrogens (tertiary/aromatic N) is 2. The summed E-state index contributed by atoms with van der Waals surface area (Å²) in [4.78, 5) is 25.8. The molecule has 0 saturated heterocycles. The van der Waals surface area contributed by atoms with E-state index in [-0.39, 0.29) is 23.2 Å². The van der Waals surface area contributed by atoms with E-state index in [1.165, 1.54) is 0 Å². The summed E-state index contributed by atoms with van der Waals surface area (Å²) in [6.45, 7) is 3.73. The lowest BCUT2D eigenvalue weighted by molar-refractivity contribution is 0.734. The number of benzene rings is 4. The molecule has 6 nitrogen and oxygen atoms in total. The maximum atomic E-state index is 12.9. The highest BCUT2D eigenvalue weighted by Gasteiger charge is 2.16. The first-order valence-electron chi connectivity index (χ1n) is 13.5. The molecule has 0 radical (unpaired) electrons. The van der Waals surface area contributed by atoms with Gasteiger partial charge in [0.1, 0.15) is 0 Å². The molecule has 6 rings (SSSR count). The summed E-state index contributed by atoms with van der Waals surface area (Å²) in [6.07, 6.45) is 0. The SMILES string of the molecule is C[C@H](N)c1cc2cccc(Cl)c2c(=O)n1-c1ccccc1.C[C@H](N)c1cc2cccc(Cl)c2c(=O)n1-c1ccccc1. The summed E-state index contributed by atoms with van der Waals surface area (Å²) >= 11 is 12.4. The Morgan fingerprint density at radius 2 is 0.905 bits per heavy atom. The van der Waals surface area contributed by atoms with Gasteiger partial charge in [-0.2, -0.15) is 0 Å². The zero-order chi connectivity index (χ0) is 30.0. The number of fused-ring (bicyclic) bond motifs is 2. The first-order valence-corrected chi connectivity index (χ1v) is 14.2. The third-order valence-electron chi connectivity index (χ3n) is 7.01. The third-order valence-corrected chi connectivity index (χ3v) is 7.64. The van der Waals surface area contributed by atoms with E-state index in [4.69, 9.17) is 34.7 Å². The van der Waals surface area contributed by atoms with Crippen molar-refractivity contribution < 1.29 is 0 Å². The van der Waals surface area contributed by atoms with Crippen LogP contribution in [0.1, 0.15) is 37.3 Å². The molecular formula is C34H30Cl2N4O2. The van der Waals surface area contributed by atoms with Crippen molar-refractivity contribution in [1.82, 2.24) is 9.13 Å². The number of para-hydroxylation sites is 2. The number of halogens is 2. The molecule has 0 saturated carbocycles. The van der Waals surface area contributed by atoms with E-state index >= 15 is 0 Å². The van der Waals surface area contributed by atoms with Crippen LogP contribution in [0.3, 0.4) is 0 Å². The van der Waals surface area contributed by atoms with Crippen molar-refractivity contribution in [3.63, 3.8) is 0 Å². The van der Waals surface area contributed by atoms with Gasteiger partial charge in [0.2, 0.25) is 0 Å². The third kappa shape index (κ3) is 5.62. The van der Waals surface area contributed by atoms with Crippen LogP contribution in [0.2, 0.25) is 10.0 Å². The van der Waals surface area contributed by atoms with Crippen molar-refractivity contribution in [2.45, 2.75) is 25.9 Å². The fourth-order valence-electron chi connectivity index (χ4n) is 5.04. The molecule has 42 heavy (non-hydrogen) atoms. The van der Waals surface area contributed by atoms with Crippen LogP contribution in [0, 0.1) is 0 Å². The molecule has 0 unspecified atom stereocenters. The zero-order valence-electron chi connectivity index (χ0n) is 23.2. The molecule has 4 aromatic carbocycles. The molecule has 2 heterocycles. The minimum Gasteiger partial charge on any atom is -0.323 e. The topological polar surface area (TPSA) is 96.0 Å². The van der Waals surface area contributed by atoms with Crippen LogP contribution < -0.4 is 22.6 Å². The Morgan fingerprint density at radius 1 is 0.548 bits per heavy atom. The molecule has 4 N–H and O–H groups in total. The Labute approximate surface area is 253 Å². The maximum absolute atomic E-state index is 12.9. The normalized spacial score (nSPS) is 12.5. The highest BCUT2D eigenvalue weighted by molar-refractivity contribution is 6.35. The van der Waals surface area contributed by atoms with E-state index in [2.05, 4.69) is 0 Å². The van der Waals surface area contributed by atoms with Gasteiger partial charge in [-0.15, -0.1) is 0 Å². The van der Waals surface area contributed by atoms with Gasteiger partial charge in [-0.3, -0.25) is 18.7 Å². The van der Waals surface area contributed by atoms with E-state index < -0.39 is 0 Å². The maximum Gasteiger partial charge on any atom is 0.264 e. The molecule has 8 heteroatoms. The van der Waals surface area contributed by atoms with Crippen LogP contribution in [0.5, 0.6) is 0 Å². The van der Waals surface area contributed by atoms with E-state index in [0.29, 0.717) is 20.8 Å². The van der Waals surface area contributed by atoms with Crippen molar-refractivity contribution >= 4 is 44.7 Å². The van der Waals surface area contributed by atoms with Gasteiger partial charge in [-0.25, -0.2) is 0 Å². The molecule has 6 aromatic rings. The summed E-state index contributed by atoms with van der Waals surface area (Å²) in [5, 5.41) is 3.58. The highest BCUT2D eigenvalue weighted by Crippen LogP contribution is 2.26. The largest absolute Gasteiger partial charge is 0.323 e. The number of pyridine rings is 2. The molecular weight excluding hydrogens is 567 g/mol. The van der Waals surface area contributed by atoms with Crippen molar-refractivity contribution in [2.24, 2.45) is 11.5 Å². The van der Waals surface area contributed by atoms with E-state index in [1.54, 1.807) is 21.3 Å². The van der Waals surface area contributed by atoms with Crippen LogP contribution in [0.4, 0.5) is 0 Å². The molecule has 0 aliphatic rings. The minimum absolute atomic E-state index is 0.142. The molecule has 2 aromatic heterocycles. The molecule has 0 aliphatic heterocycles. The average molecular weight is 598 g/mol. The summed E-state index contributed by atoms with van der Waals surface area (Å²) in [6, 6.07) is 33.2. The lowest BCUT2D eigenvalue weighted by Crippen LogP contribution is -2.25. The van der Waals surface area contributed by atoms with Gasteiger partial charge < -0.3 is 11.5 Å². The van der Waals surface area contributed by atoms with Crippen molar-refractivity contribution in [1.29, 1.82) is 0 Å². The van der Waals surface area contributed by atoms with E-state index in [0.717, 1.165) is 33.5 Å². The Hall–Kier alpha value is -4.20. The quantitative estimate of drug-likeness (QED) is 0.223. The van der Waals surface area contributed by atoms with Crippen LogP contribution in [0.25, 0.3) is 32.9 Å². The summed E-state index contributed by atoms with van der Waals surface area (Å²) in [5.41, 5.74) is 14.9. The predicted molar refractivity (Wildman–Crippen MR) is 174 cm³/mol. The Balaban J connectivity index is 0.000000168. The van der Waals surface area contributed by atoms with Crippen LogP contribution in [-0.4, -0.2) is 9.13 Å². The number of rotatable bonds is 4. The van der Waals surface area contributed by atoms with Gasteiger partial charge >= 0.3 is 0 Å². The van der Waals surface area contributed by atoms with Crippen molar-refractivity contribution in [2.75, 3.05) is 0 Å². The number of aromatic nitrogens is 2. The van der Waals surface area contributed by atoms with Crippen LogP contribution >= 0.6 is 23.2 Å². The number of hydrogen-bond acceptors (Lipinski definition) is 4. The second-order valence-corrected chi connectivity index (χ2v) is 10.9. The summed E-state index contributed by atoms with van der Waals surface area (Å²) in [7, 11) is 0. The van der Waals surface area contributed by atoms with Gasteiger partial charge in [0.15, 0.2) is 0 Å². The minimum atomic E-state index is -0.263. The zero-order valence-corrected chi connectivity index (χ0v) is 24.7. The number of hydrogen-bond donors (Lipinski definition) is 2. The Morgan fingerprint density at radius 3 is 1.24 bits per heavy atom. The second kappa shape index (κ2) is 12.3. The van der Waals surface area contributed by atoms with Gasteiger partial charge in [0, 0.05) is 34.8 Å². The standard InChI is InChI=1S/2C17H15ClN2O/c2*1-11(19)15-10-12-6-5-9-14(18)16(12)17(21)20(15)13-7-3-2-4-8-13/h2*2-11H,19H2,1H3/t2*11-/m00/s1. The van der Waals surface area contributed by atoms with Crippen LogP contribution in [-0.2, 0) is 0 Å². The molecule has 212 valence electrons. The predicted octanol–water partition coefficient (Wildman–Crippen LogP) is 7.33. The van der Waals surface area contributed by atoms with Gasteiger partial charge in [0.25, 0.3) is 11.1 Å². The van der Waals surface area contributed by atoms with Crippen molar-refractivity contribution in [3.8, 4) is 11.4 Å². The first kappa shape index (κ1) is 29.3. The molecule has 0 spiro atoms. The van der Waals surface area contributed by atoms with Crippen LogP contribution in [0.15, 0.2) is 119 Å². The lowest BCUT2D eigenvalue weighted by Gasteiger charge is -2.17. The van der Waals surface area contributed by atoms with E-state index in [9.17, 15) is 9.59 Å². The molecule has 0 fully saturated rings. The number of nitrogens with two attached hydrogens (primary N) is 2. The smallest absolute Gasteiger partial charge is 0.264 e. The van der Waals surface area contributed by atoms with Gasteiger partial charge in [-0.05, 0) is 73.2 Å². The van der Waals surface area contributed by atoms with Gasteiger partial charge in [-0.1, -0.05) is 83.9 Å². The summed E-state index contributed by atoms with van der Waals surface area (Å²) < 4.78 is 3.28. The summed E-state index contributed by atoms with van der Waals surface area (Å²) in [5.74, 6) is 0. The fourth-order valence-corrected chi connectivity index (χ4v) is 5.56. The monoisotopic (exact) mass is 596 g/mol. The highest BCUT2D eigenvalue weighted by atomic mass is 35.5. The Kier molecular flexibility index (Phi) is 8.61. The molecule has 0 aliphatic carbocycles. The molecule has 0 bridgehead atoms. The molecule has 2 atom stereocenters. The van der Waals surface area contributed by atoms with Crippen molar-refractivity contribution in [3.05, 3.63) is 151 Å². The first-order chi connectivity index (χ1) is 20.2.